The summed E-state index contributed by atoms with van der Waals surface area (Å²) in [5, 5.41) is 5.52. The fourth-order valence-corrected chi connectivity index (χ4v) is 5.56. The lowest BCUT2D eigenvalue weighted by Crippen LogP contribution is -2.41. The van der Waals surface area contributed by atoms with Gasteiger partial charge in [0.1, 0.15) is 11.6 Å². The summed E-state index contributed by atoms with van der Waals surface area (Å²) in [6.07, 6.45) is 0.653. The van der Waals surface area contributed by atoms with Crippen LogP contribution in [0.1, 0.15) is 31.7 Å². The average Bonchev–Trinajstić information content (AvgIpc) is 2.80. The molecule has 0 spiro atoms. The zero-order valence-electron chi connectivity index (χ0n) is 18.4. The first kappa shape index (κ1) is 23.2. The van der Waals surface area contributed by atoms with Crippen LogP contribution in [-0.2, 0) is 19.6 Å². The van der Waals surface area contributed by atoms with Crippen LogP contribution in [0.5, 0.6) is 5.75 Å². The van der Waals surface area contributed by atoms with Crippen LogP contribution in [0.4, 0.5) is 15.8 Å². The lowest BCUT2D eigenvalue weighted by molar-refractivity contribution is -0.123. The minimum Gasteiger partial charge on any atom is -0.478 e. The second kappa shape index (κ2) is 9.11. The number of benzene rings is 2. The molecule has 0 aromatic heterocycles. The molecule has 2 heterocycles. The van der Waals surface area contributed by atoms with Gasteiger partial charge in [-0.2, -0.15) is 4.31 Å². The third-order valence-corrected chi connectivity index (χ3v) is 7.94. The van der Waals surface area contributed by atoms with Gasteiger partial charge in [0.15, 0.2) is 6.10 Å². The van der Waals surface area contributed by atoms with Crippen LogP contribution in [0, 0.1) is 18.7 Å². The molecule has 176 valence electrons. The van der Waals surface area contributed by atoms with E-state index in [4.69, 9.17) is 4.74 Å². The van der Waals surface area contributed by atoms with Crippen LogP contribution in [0.3, 0.4) is 0 Å². The molecule has 0 bridgehead atoms. The van der Waals surface area contributed by atoms with Gasteiger partial charge in [-0.05, 0) is 68.1 Å². The van der Waals surface area contributed by atoms with E-state index in [1.807, 2.05) is 6.92 Å². The lowest BCUT2D eigenvalue weighted by atomic mass is 9.97. The molecule has 1 atom stereocenters. The van der Waals surface area contributed by atoms with E-state index in [1.54, 1.807) is 13.0 Å². The highest BCUT2D eigenvalue weighted by molar-refractivity contribution is 7.89. The predicted octanol–water partition coefficient (Wildman–Crippen LogP) is 3.28. The molecule has 33 heavy (non-hydrogen) atoms. The van der Waals surface area contributed by atoms with Gasteiger partial charge in [0.2, 0.25) is 15.9 Å². The number of halogens is 1. The summed E-state index contributed by atoms with van der Waals surface area (Å²) in [7, 11) is -3.80. The number of ether oxygens (including phenoxy) is 1. The molecule has 2 N–H and O–H groups in total. The number of hydrogen-bond donors (Lipinski definition) is 2. The number of anilines is 2. The molecule has 1 saturated heterocycles. The maximum Gasteiger partial charge on any atom is 0.265 e. The summed E-state index contributed by atoms with van der Waals surface area (Å²) in [4.78, 5) is 24.8. The molecule has 0 unspecified atom stereocenters. The van der Waals surface area contributed by atoms with Crippen LogP contribution in [-0.4, -0.2) is 43.7 Å². The topological polar surface area (TPSA) is 105 Å². The van der Waals surface area contributed by atoms with E-state index < -0.39 is 16.1 Å². The lowest BCUT2D eigenvalue weighted by Gasteiger charge is -2.31. The van der Waals surface area contributed by atoms with Crippen molar-refractivity contribution in [2.24, 2.45) is 5.92 Å². The van der Waals surface area contributed by atoms with Gasteiger partial charge in [0.25, 0.3) is 5.91 Å². The summed E-state index contributed by atoms with van der Waals surface area (Å²) < 4.78 is 46.6. The van der Waals surface area contributed by atoms with Gasteiger partial charge < -0.3 is 15.4 Å². The Labute approximate surface area is 192 Å². The molecule has 1 fully saturated rings. The van der Waals surface area contributed by atoms with E-state index in [0.29, 0.717) is 42.0 Å². The molecule has 0 aliphatic carbocycles. The molecule has 2 aliphatic heterocycles. The Morgan fingerprint density at radius 3 is 2.61 bits per heavy atom. The number of piperidine rings is 1. The molecule has 8 nitrogen and oxygen atoms in total. The van der Waals surface area contributed by atoms with Crippen molar-refractivity contribution in [1.82, 2.24) is 4.31 Å². The van der Waals surface area contributed by atoms with Gasteiger partial charge in [0.05, 0.1) is 10.6 Å². The van der Waals surface area contributed by atoms with E-state index in [-0.39, 0.29) is 41.5 Å². The molecule has 10 heteroatoms. The number of amides is 2. The molecule has 2 amide bonds. The van der Waals surface area contributed by atoms with Crippen molar-refractivity contribution in [3.05, 3.63) is 47.8 Å². The van der Waals surface area contributed by atoms with Crippen molar-refractivity contribution in [2.45, 2.75) is 44.1 Å². The van der Waals surface area contributed by atoms with E-state index in [0.717, 1.165) is 0 Å². The maximum atomic E-state index is 13.3. The Morgan fingerprint density at radius 2 is 1.94 bits per heavy atom. The van der Waals surface area contributed by atoms with Gasteiger partial charge in [-0.25, -0.2) is 12.8 Å². The fraction of sp³-hybridized carbons (Fsp3) is 0.391. The van der Waals surface area contributed by atoms with Gasteiger partial charge in [-0.1, -0.05) is 6.92 Å². The van der Waals surface area contributed by atoms with Crippen LogP contribution < -0.4 is 15.4 Å². The van der Waals surface area contributed by atoms with Gasteiger partial charge >= 0.3 is 0 Å². The molecule has 2 aliphatic rings. The van der Waals surface area contributed by atoms with E-state index in [1.165, 1.54) is 34.6 Å². The number of nitrogens with one attached hydrogen (secondary N) is 2. The normalized spacial score (nSPS) is 19.4. The number of aryl methyl sites for hydroxylation is 1. The zero-order valence-corrected chi connectivity index (χ0v) is 19.2. The number of fused-ring (bicyclic) bond motifs is 1. The Morgan fingerprint density at radius 1 is 1.21 bits per heavy atom. The van der Waals surface area contributed by atoms with Gasteiger partial charge in [-0.15, -0.1) is 0 Å². The minimum atomic E-state index is -3.80. The first-order valence-corrected chi connectivity index (χ1v) is 12.3. The van der Waals surface area contributed by atoms with Gasteiger partial charge in [0, 0.05) is 24.7 Å². The minimum absolute atomic E-state index is 0.0601. The highest BCUT2D eigenvalue weighted by Gasteiger charge is 2.34. The fourth-order valence-electron chi connectivity index (χ4n) is 4.07. The highest BCUT2D eigenvalue weighted by Crippen LogP contribution is 2.34. The number of carbonyl (C=O) groups is 2. The maximum absolute atomic E-state index is 13.3. The summed E-state index contributed by atoms with van der Waals surface area (Å²) in [6, 6.07) is 8.57. The molecule has 4 rings (SSSR count). The standard InChI is InChI=1S/C23H26FN3O5S/c1-3-20-23(29)26-19-13-17(5-7-21(19)32-20)33(30,31)27-10-8-15(9-11-27)22(28)25-18-6-4-16(24)12-14(18)2/h4-7,12-13,15,20H,3,8-11H2,1-2H3,(H,25,28)(H,26,29)/t20-/m0/s1. The number of hydrogen-bond acceptors (Lipinski definition) is 5. The van der Waals surface area contributed by atoms with Crippen molar-refractivity contribution in [3.8, 4) is 5.75 Å². The number of sulfonamides is 1. The largest absolute Gasteiger partial charge is 0.478 e. The second-order valence-corrected chi connectivity index (χ2v) is 10.2. The van der Waals surface area contributed by atoms with E-state index >= 15 is 0 Å². The molecule has 0 radical (unpaired) electrons. The van der Waals surface area contributed by atoms with Crippen molar-refractivity contribution >= 4 is 33.2 Å². The Hall–Kier alpha value is -2.98. The summed E-state index contributed by atoms with van der Waals surface area (Å²) in [6.45, 7) is 3.93. The third kappa shape index (κ3) is 4.72. The average molecular weight is 476 g/mol. The summed E-state index contributed by atoms with van der Waals surface area (Å²) in [5.74, 6) is -0.791. The predicted molar refractivity (Wildman–Crippen MR) is 121 cm³/mol. The summed E-state index contributed by atoms with van der Waals surface area (Å²) >= 11 is 0. The Balaban J connectivity index is 1.41. The van der Waals surface area contributed by atoms with Crippen molar-refractivity contribution in [1.29, 1.82) is 0 Å². The number of carbonyl (C=O) groups excluding carboxylic acids is 2. The van der Waals surface area contributed by atoms with Crippen molar-refractivity contribution in [3.63, 3.8) is 0 Å². The summed E-state index contributed by atoms with van der Waals surface area (Å²) in [5.41, 5.74) is 1.49. The van der Waals surface area contributed by atoms with Crippen molar-refractivity contribution in [2.75, 3.05) is 23.7 Å². The molecule has 2 aromatic carbocycles. The van der Waals surface area contributed by atoms with E-state index in [9.17, 15) is 22.4 Å². The first-order valence-electron chi connectivity index (χ1n) is 10.9. The van der Waals surface area contributed by atoms with Crippen LogP contribution in [0.25, 0.3) is 0 Å². The van der Waals surface area contributed by atoms with Crippen LogP contribution in [0.15, 0.2) is 41.3 Å². The number of nitrogens with zero attached hydrogens (tertiary/aromatic N) is 1. The zero-order chi connectivity index (χ0) is 23.8. The van der Waals surface area contributed by atoms with Gasteiger partial charge in [-0.3, -0.25) is 9.59 Å². The monoisotopic (exact) mass is 475 g/mol. The van der Waals surface area contributed by atoms with Crippen molar-refractivity contribution < 1.29 is 27.1 Å². The second-order valence-electron chi connectivity index (χ2n) is 8.29. The third-order valence-electron chi connectivity index (χ3n) is 6.05. The van der Waals surface area contributed by atoms with Crippen LogP contribution in [0.2, 0.25) is 0 Å². The quantitative estimate of drug-likeness (QED) is 0.691. The molecule has 2 aromatic rings. The Bertz CT molecular complexity index is 1190. The smallest absolute Gasteiger partial charge is 0.265 e. The first-order chi connectivity index (χ1) is 15.7. The molecular formula is C23H26FN3O5S. The molecule has 0 saturated carbocycles. The molecular weight excluding hydrogens is 449 g/mol. The SMILES string of the molecule is CC[C@@H]1Oc2ccc(S(=O)(=O)N3CCC(C(=O)Nc4ccc(F)cc4C)CC3)cc2NC1=O. The number of rotatable bonds is 5. The van der Waals surface area contributed by atoms with Crippen LogP contribution >= 0.6 is 0 Å². The Kier molecular flexibility index (Phi) is 6.40. The van der Waals surface area contributed by atoms with E-state index in [2.05, 4.69) is 10.6 Å². The highest BCUT2D eigenvalue weighted by atomic mass is 32.2.